The Hall–Kier alpha value is -1.30. The molecule has 0 atom stereocenters. The molecule has 0 amide bonds. The number of nitrogens with zero attached hydrogens (tertiary/aromatic N) is 4. The number of thioether (sulfide) groups is 1. The summed E-state index contributed by atoms with van der Waals surface area (Å²) < 4.78 is 1.95. The van der Waals surface area contributed by atoms with Gasteiger partial charge in [0.15, 0.2) is 5.82 Å². The molecule has 0 aliphatic carbocycles. The third kappa shape index (κ3) is 3.83. The van der Waals surface area contributed by atoms with Gasteiger partial charge in [0.2, 0.25) is 5.65 Å². The SMILES string of the molecule is CSCCCCCCNc1nccn2c(C)nnc12. The number of fused-ring (bicyclic) bond motifs is 1. The largest absolute Gasteiger partial charge is 0.367 e. The molecule has 0 fully saturated rings. The Morgan fingerprint density at radius 2 is 2.05 bits per heavy atom. The first-order valence-corrected chi connectivity index (χ1v) is 8.11. The summed E-state index contributed by atoms with van der Waals surface area (Å²) in [6.07, 6.45) is 10.9. The average Bonchev–Trinajstić information content (AvgIpc) is 2.81. The summed E-state index contributed by atoms with van der Waals surface area (Å²) in [7, 11) is 0. The van der Waals surface area contributed by atoms with Crippen LogP contribution in [0.1, 0.15) is 31.5 Å². The van der Waals surface area contributed by atoms with Crippen molar-refractivity contribution in [3.8, 4) is 0 Å². The Balaban J connectivity index is 1.79. The molecule has 0 aromatic carbocycles. The lowest BCUT2D eigenvalue weighted by Gasteiger charge is -2.06. The summed E-state index contributed by atoms with van der Waals surface area (Å²) in [5.74, 6) is 2.98. The molecule has 0 radical (unpaired) electrons. The van der Waals surface area contributed by atoms with Gasteiger partial charge >= 0.3 is 0 Å². The molecule has 0 spiro atoms. The monoisotopic (exact) mass is 279 g/mol. The van der Waals surface area contributed by atoms with Crippen molar-refractivity contribution in [1.29, 1.82) is 0 Å². The number of anilines is 1. The van der Waals surface area contributed by atoms with E-state index in [1.807, 2.05) is 29.3 Å². The summed E-state index contributed by atoms with van der Waals surface area (Å²) in [4.78, 5) is 4.33. The van der Waals surface area contributed by atoms with Crippen molar-refractivity contribution in [3.63, 3.8) is 0 Å². The minimum Gasteiger partial charge on any atom is -0.367 e. The lowest BCUT2D eigenvalue weighted by molar-refractivity contribution is 0.688. The van der Waals surface area contributed by atoms with Crippen molar-refractivity contribution < 1.29 is 0 Å². The minimum atomic E-state index is 0.808. The molecule has 0 bridgehead atoms. The predicted octanol–water partition coefficient (Wildman–Crippen LogP) is 2.77. The van der Waals surface area contributed by atoms with Crippen LogP contribution in [0.25, 0.3) is 5.65 Å². The molecule has 0 aliphatic rings. The van der Waals surface area contributed by atoms with E-state index in [0.29, 0.717) is 0 Å². The molecule has 6 heteroatoms. The summed E-state index contributed by atoms with van der Waals surface area (Å²) in [5, 5.41) is 11.6. The third-order valence-corrected chi connectivity index (χ3v) is 3.76. The predicted molar refractivity (Wildman–Crippen MR) is 80.9 cm³/mol. The van der Waals surface area contributed by atoms with Crippen LogP contribution in [0.3, 0.4) is 0 Å². The summed E-state index contributed by atoms with van der Waals surface area (Å²) in [5.41, 5.74) is 0.808. The van der Waals surface area contributed by atoms with Crippen LogP contribution in [0, 0.1) is 6.92 Å². The van der Waals surface area contributed by atoms with Gasteiger partial charge in [0, 0.05) is 18.9 Å². The van der Waals surface area contributed by atoms with Crippen molar-refractivity contribution in [2.24, 2.45) is 0 Å². The first-order chi connectivity index (χ1) is 9.33. The van der Waals surface area contributed by atoms with Crippen molar-refractivity contribution in [2.75, 3.05) is 23.9 Å². The highest BCUT2D eigenvalue weighted by molar-refractivity contribution is 7.98. The number of aromatic nitrogens is 4. The van der Waals surface area contributed by atoms with Crippen LogP contribution >= 0.6 is 11.8 Å². The standard InChI is InChI=1S/C13H21N5S/c1-11-16-17-13-12(15-8-9-18(11)13)14-7-5-3-4-6-10-19-2/h8-9H,3-7,10H2,1-2H3,(H,14,15). The van der Waals surface area contributed by atoms with Crippen LogP contribution in [0.2, 0.25) is 0 Å². The average molecular weight is 279 g/mol. The number of nitrogens with one attached hydrogen (secondary N) is 1. The van der Waals surface area contributed by atoms with Gasteiger partial charge in [-0.25, -0.2) is 4.98 Å². The summed E-state index contributed by atoms with van der Waals surface area (Å²) in [6, 6.07) is 0. The van der Waals surface area contributed by atoms with Gasteiger partial charge in [-0.1, -0.05) is 12.8 Å². The minimum absolute atomic E-state index is 0.808. The Morgan fingerprint density at radius 3 is 2.89 bits per heavy atom. The Kier molecular flexibility index (Phi) is 5.44. The van der Waals surface area contributed by atoms with Crippen LogP contribution in [0.4, 0.5) is 5.82 Å². The van der Waals surface area contributed by atoms with Crippen molar-refractivity contribution in [2.45, 2.75) is 32.6 Å². The zero-order chi connectivity index (χ0) is 13.5. The van der Waals surface area contributed by atoms with Gasteiger partial charge in [0.1, 0.15) is 5.82 Å². The molecule has 0 saturated heterocycles. The van der Waals surface area contributed by atoms with Gasteiger partial charge in [-0.05, 0) is 31.8 Å². The van der Waals surface area contributed by atoms with E-state index in [4.69, 9.17) is 0 Å². The second kappa shape index (κ2) is 7.33. The molecule has 5 nitrogen and oxygen atoms in total. The first-order valence-electron chi connectivity index (χ1n) is 6.72. The maximum absolute atomic E-state index is 4.33. The zero-order valence-corrected chi connectivity index (χ0v) is 12.4. The topological polar surface area (TPSA) is 55.1 Å². The molecular formula is C13H21N5S. The summed E-state index contributed by atoms with van der Waals surface area (Å²) in [6.45, 7) is 2.88. The number of unbranched alkanes of at least 4 members (excludes halogenated alkanes) is 3. The van der Waals surface area contributed by atoms with Crippen LogP contribution in [-0.2, 0) is 0 Å². The van der Waals surface area contributed by atoms with Gasteiger partial charge in [-0.15, -0.1) is 10.2 Å². The van der Waals surface area contributed by atoms with E-state index in [1.54, 1.807) is 6.20 Å². The smallest absolute Gasteiger partial charge is 0.203 e. The lowest BCUT2D eigenvalue weighted by atomic mass is 10.2. The molecule has 19 heavy (non-hydrogen) atoms. The van der Waals surface area contributed by atoms with Crippen LogP contribution in [-0.4, -0.2) is 38.1 Å². The van der Waals surface area contributed by atoms with E-state index < -0.39 is 0 Å². The number of aryl methyl sites for hydroxylation is 1. The molecule has 0 saturated carbocycles. The van der Waals surface area contributed by atoms with E-state index in [1.165, 1.54) is 31.4 Å². The Labute approximate surface area is 118 Å². The fourth-order valence-electron chi connectivity index (χ4n) is 2.00. The fraction of sp³-hybridized carbons (Fsp3) is 0.615. The highest BCUT2D eigenvalue weighted by Gasteiger charge is 2.06. The molecule has 2 heterocycles. The van der Waals surface area contributed by atoms with E-state index in [9.17, 15) is 0 Å². The highest BCUT2D eigenvalue weighted by atomic mass is 32.2. The molecule has 2 aromatic rings. The van der Waals surface area contributed by atoms with Crippen LogP contribution in [0.15, 0.2) is 12.4 Å². The number of hydrogen-bond donors (Lipinski definition) is 1. The molecule has 0 aliphatic heterocycles. The van der Waals surface area contributed by atoms with Gasteiger partial charge in [-0.2, -0.15) is 11.8 Å². The van der Waals surface area contributed by atoms with Crippen LogP contribution < -0.4 is 5.32 Å². The maximum Gasteiger partial charge on any atom is 0.203 e. The first kappa shape index (κ1) is 14.1. The Bertz CT molecular complexity index is 511. The molecule has 1 N–H and O–H groups in total. The van der Waals surface area contributed by atoms with Gasteiger partial charge in [0.25, 0.3) is 0 Å². The quantitative estimate of drug-likeness (QED) is 0.753. The molecular weight excluding hydrogens is 258 g/mol. The molecule has 0 unspecified atom stereocenters. The second-order valence-electron chi connectivity index (χ2n) is 4.55. The van der Waals surface area contributed by atoms with Gasteiger partial charge < -0.3 is 5.32 Å². The van der Waals surface area contributed by atoms with E-state index >= 15 is 0 Å². The van der Waals surface area contributed by atoms with E-state index in [-0.39, 0.29) is 0 Å². The van der Waals surface area contributed by atoms with Gasteiger partial charge in [0.05, 0.1) is 0 Å². The third-order valence-electron chi connectivity index (χ3n) is 3.07. The molecule has 2 aromatic heterocycles. The highest BCUT2D eigenvalue weighted by Crippen LogP contribution is 2.12. The Morgan fingerprint density at radius 1 is 1.21 bits per heavy atom. The molecule has 2 rings (SSSR count). The van der Waals surface area contributed by atoms with Crippen molar-refractivity contribution >= 4 is 23.2 Å². The van der Waals surface area contributed by atoms with E-state index in [2.05, 4.69) is 26.8 Å². The second-order valence-corrected chi connectivity index (χ2v) is 5.54. The normalized spacial score (nSPS) is 11.1. The fourth-order valence-corrected chi connectivity index (χ4v) is 2.49. The van der Waals surface area contributed by atoms with Crippen LogP contribution in [0.5, 0.6) is 0 Å². The maximum atomic E-state index is 4.33. The number of hydrogen-bond acceptors (Lipinski definition) is 5. The van der Waals surface area contributed by atoms with Gasteiger partial charge in [-0.3, -0.25) is 4.40 Å². The summed E-state index contributed by atoms with van der Waals surface area (Å²) >= 11 is 1.92. The van der Waals surface area contributed by atoms with Crippen molar-refractivity contribution in [1.82, 2.24) is 19.6 Å². The van der Waals surface area contributed by atoms with Crippen molar-refractivity contribution in [3.05, 3.63) is 18.2 Å². The lowest BCUT2D eigenvalue weighted by Crippen LogP contribution is -2.05. The molecule has 104 valence electrons. The van der Waals surface area contributed by atoms with E-state index in [0.717, 1.165) is 23.8 Å². The number of rotatable bonds is 8. The zero-order valence-electron chi connectivity index (χ0n) is 11.6.